The van der Waals surface area contributed by atoms with Crippen LogP contribution < -0.4 is 10.6 Å². The van der Waals surface area contributed by atoms with Crippen molar-refractivity contribution in [1.82, 2.24) is 0 Å². The molecule has 0 spiro atoms. The molecule has 0 unspecified atom stereocenters. The maximum absolute atomic E-state index is 9.49. The Bertz CT molecular complexity index is 1350. The summed E-state index contributed by atoms with van der Waals surface area (Å²) >= 11 is 0. The maximum atomic E-state index is 9.49. The van der Waals surface area contributed by atoms with E-state index in [0.717, 1.165) is 11.1 Å². The highest BCUT2D eigenvalue weighted by molar-refractivity contribution is 6.51. The van der Waals surface area contributed by atoms with E-state index in [2.05, 4.69) is 31.3 Å². The van der Waals surface area contributed by atoms with Crippen LogP contribution in [0.1, 0.15) is 11.1 Å². The molecule has 38 heavy (non-hydrogen) atoms. The average molecular weight is 509 g/mol. The normalized spacial score (nSPS) is 12.7. The van der Waals surface area contributed by atoms with Crippen molar-refractivity contribution in [3.63, 3.8) is 0 Å². The van der Waals surface area contributed by atoms with E-state index in [0.29, 0.717) is 22.5 Å². The predicted molar refractivity (Wildman–Crippen MR) is 147 cm³/mol. The van der Waals surface area contributed by atoms with Gasteiger partial charge in [-0.1, -0.05) is 106 Å². The fourth-order valence-electron chi connectivity index (χ4n) is 3.70. The molecule has 10 nitrogen and oxygen atoms in total. The Labute approximate surface area is 218 Å². The molecular formula is C28H24N6O4. The zero-order valence-electron chi connectivity index (χ0n) is 20.0. The molecule has 0 bridgehead atoms. The van der Waals surface area contributed by atoms with Crippen molar-refractivity contribution in [2.45, 2.75) is 0 Å². The third kappa shape index (κ3) is 5.94. The van der Waals surface area contributed by atoms with Gasteiger partial charge in [0.2, 0.25) is 0 Å². The summed E-state index contributed by atoms with van der Waals surface area (Å²) in [7, 11) is 0. The van der Waals surface area contributed by atoms with Gasteiger partial charge in [-0.05, 0) is 35.4 Å². The number of rotatable bonds is 7. The molecule has 0 amide bonds. The minimum absolute atomic E-state index is 0.00970. The van der Waals surface area contributed by atoms with E-state index in [1.807, 2.05) is 36.4 Å². The smallest absolute Gasteiger partial charge is 0.199 e. The Morgan fingerprint density at radius 1 is 0.421 bits per heavy atom. The molecule has 0 aliphatic carbocycles. The summed E-state index contributed by atoms with van der Waals surface area (Å²) in [5.74, 6) is -0.0194. The van der Waals surface area contributed by atoms with Crippen LogP contribution in [-0.4, -0.2) is 43.9 Å². The minimum atomic E-state index is -0.00970. The highest BCUT2D eigenvalue weighted by Crippen LogP contribution is 2.24. The second-order valence-corrected chi connectivity index (χ2v) is 7.93. The lowest BCUT2D eigenvalue weighted by Crippen LogP contribution is -2.24. The zero-order valence-corrected chi connectivity index (χ0v) is 20.0. The standard InChI is InChI=1S/C28H24N6O4/c35-31-25(21-7-3-1-4-8-21)27(33-37)29-23-15-11-19(12-16-23)20-13-17-24(18-14-20)30-28(34-38)26(32-36)22-9-5-2-6-10-22/h1-18,35-38H,(H,29,33)(H,30,34)/b31-25+,32-26+. The van der Waals surface area contributed by atoms with Crippen molar-refractivity contribution in [3.05, 3.63) is 120 Å². The molecular weight excluding hydrogens is 484 g/mol. The largest absolute Gasteiger partial charge is 0.410 e. The van der Waals surface area contributed by atoms with E-state index in [1.165, 1.54) is 0 Å². The van der Waals surface area contributed by atoms with Crippen molar-refractivity contribution >= 4 is 34.5 Å². The summed E-state index contributed by atoms with van der Waals surface area (Å²) in [6.45, 7) is 0. The fourth-order valence-corrected chi connectivity index (χ4v) is 3.70. The monoisotopic (exact) mass is 508 g/mol. The van der Waals surface area contributed by atoms with Crippen LogP contribution in [0.2, 0.25) is 0 Å². The summed E-state index contributed by atoms with van der Waals surface area (Å²) in [5, 5.41) is 56.8. The van der Waals surface area contributed by atoms with Gasteiger partial charge in [0.1, 0.15) is 0 Å². The molecule has 10 heteroatoms. The first-order chi connectivity index (χ1) is 18.7. The third-order valence-electron chi connectivity index (χ3n) is 5.57. The van der Waals surface area contributed by atoms with Crippen molar-refractivity contribution in [3.8, 4) is 11.1 Å². The molecule has 4 rings (SSSR count). The minimum Gasteiger partial charge on any atom is -0.410 e. The van der Waals surface area contributed by atoms with E-state index in [4.69, 9.17) is 0 Å². The van der Waals surface area contributed by atoms with Crippen LogP contribution >= 0.6 is 0 Å². The van der Waals surface area contributed by atoms with Crippen LogP contribution in [-0.2, 0) is 0 Å². The molecule has 0 heterocycles. The zero-order chi connectivity index (χ0) is 26.7. The molecule has 4 aromatic carbocycles. The van der Waals surface area contributed by atoms with Crippen LogP contribution in [0.3, 0.4) is 0 Å². The SMILES string of the molecule is O/N=C(Nc1ccc(-c2ccc(NC(=N/O)/C(=N/O)c3ccccc3)cc2)cc1)\C(=N\O)c1ccccc1. The summed E-state index contributed by atoms with van der Waals surface area (Å²) < 4.78 is 0. The molecule has 6 N–H and O–H groups in total. The summed E-state index contributed by atoms with van der Waals surface area (Å²) in [4.78, 5) is 0. The first kappa shape index (κ1) is 25.5. The van der Waals surface area contributed by atoms with Crippen LogP contribution in [0.15, 0.2) is 130 Å². The van der Waals surface area contributed by atoms with Gasteiger partial charge in [-0.3, -0.25) is 0 Å². The summed E-state index contributed by atoms with van der Waals surface area (Å²) in [6, 6.07) is 32.4. The van der Waals surface area contributed by atoms with Gasteiger partial charge in [0.05, 0.1) is 0 Å². The van der Waals surface area contributed by atoms with Gasteiger partial charge >= 0.3 is 0 Å². The first-order valence-electron chi connectivity index (χ1n) is 11.4. The van der Waals surface area contributed by atoms with Gasteiger partial charge < -0.3 is 31.5 Å². The lowest BCUT2D eigenvalue weighted by Gasteiger charge is -2.12. The molecule has 0 aromatic heterocycles. The van der Waals surface area contributed by atoms with Gasteiger partial charge in [0.25, 0.3) is 0 Å². The summed E-state index contributed by atoms with van der Waals surface area (Å²) in [5.41, 5.74) is 4.42. The highest BCUT2D eigenvalue weighted by atomic mass is 16.4. The number of hydrogen-bond acceptors (Lipinski definition) is 8. The number of nitrogens with zero attached hydrogens (tertiary/aromatic N) is 4. The van der Waals surface area contributed by atoms with Crippen LogP contribution in [0.4, 0.5) is 11.4 Å². The topological polar surface area (TPSA) is 154 Å². The molecule has 0 radical (unpaired) electrons. The van der Waals surface area contributed by atoms with Gasteiger partial charge in [-0.15, -0.1) is 0 Å². The van der Waals surface area contributed by atoms with Crippen LogP contribution in [0, 0.1) is 0 Å². The van der Waals surface area contributed by atoms with E-state index < -0.39 is 0 Å². The highest BCUT2D eigenvalue weighted by Gasteiger charge is 2.15. The van der Waals surface area contributed by atoms with Gasteiger partial charge in [-0.25, -0.2) is 0 Å². The molecule has 0 fully saturated rings. The van der Waals surface area contributed by atoms with Crippen molar-refractivity contribution in [2.75, 3.05) is 10.6 Å². The number of hydrogen-bond donors (Lipinski definition) is 6. The lowest BCUT2D eigenvalue weighted by molar-refractivity contribution is 0.314. The van der Waals surface area contributed by atoms with Crippen molar-refractivity contribution in [2.24, 2.45) is 20.6 Å². The molecule has 190 valence electrons. The number of anilines is 2. The molecule has 0 saturated carbocycles. The molecule has 0 aliphatic heterocycles. The van der Waals surface area contributed by atoms with Gasteiger partial charge in [-0.2, -0.15) is 0 Å². The quantitative estimate of drug-likeness (QED) is 0.0837. The Hall–Kier alpha value is -5.64. The summed E-state index contributed by atoms with van der Waals surface area (Å²) in [6.07, 6.45) is 0. The number of nitrogens with one attached hydrogen (secondary N) is 2. The Morgan fingerprint density at radius 2 is 0.763 bits per heavy atom. The number of oxime groups is 4. The molecule has 0 aliphatic rings. The average Bonchev–Trinajstić information content (AvgIpc) is 2.98. The van der Waals surface area contributed by atoms with E-state index in [9.17, 15) is 20.8 Å². The third-order valence-corrected chi connectivity index (χ3v) is 5.57. The first-order valence-corrected chi connectivity index (χ1v) is 11.4. The fraction of sp³-hybridized carbons (Fsp3) is 0. The molecule has 4 aromatic rings. The maximum Gasteiger partial charge on any atom is 0.199 e. The predicted octanol–water partition coefficient (Wildman–Crippen LogP) is 5.51. The van der Waals surface area contributed by atoms with Gasteiger partial charge in [0.15, 0.2) is 23.1 Å². The second-order valence-electron chi connectivity index (χ2n) is 7.93. The molecule has 0 atom stereocenters. The number of benzene rings is 4. The number of amidine groups is 2. The van der Waals surface area contributed by atoms with Gasteiger partial charge in [0, 0.05) is 22.5 Å². The Balaban J connectivity index is 1.45. The van der Waals surface area contributed by atoms with Crippen LogP contribution in [0.25, 0.3) is 11.1 Å². The van der Waals surface area contributed by atoms with E-state index in [1.54, 1.807) is 72.8 Å². The Morgan fingerprint density at radius 3 is 1.05 bits per heavy atom. The van der Waals surface area contributed by atoms with Crippen molar-refractivity contribution in [1.29, 1.82) is 0 Å². The Kier molecular flexibility index (Phi) is 8.28. The lowest BCUT2D eigenvalue weighted by atomic mass is 10.0. The molecule has 0 saturated heterocycles. The van der Waals surface area contributed by atoms with E-state index in [-0.39, 0.29) is 23.1 Å². The second kappa shape index (κ2) is 12.4. The van der Waals surface area contributed by atoms with Crippen molar-refractivity contribution < 1.29 is 20.8 Å². The van der Waals surface area contributed by atoms with E-state index >= 15 is 0 Å². The van der Waals surface area contributed by atoms with Crippen LogP contribution in [0.5, 0.6) is 0 Å².